The van der Waals surface area contributed by atoms with E-state index in [1.165, 1.54) is 11.3 Å². The van der Waals surface area contributed by atoms with Gasteiger partial charge in [0, 0.05) is 11.4 Å². The fraction of sp³-hybridized carbons (Fsp3) is 0.583. The maximum absolute atomic E-state index is 12.2. The Kier molecular flexibility index (Phi) is 5.46. The highest BCUT2D eigenvalue weighted by molar-refractivity contribution is 7.16. The highest BCUT2D eigenvalue weighted by Gasteiger charge is 2.36. The molecule has 102 valence electrons. The molecule has 2 N–H and O–H groups in total. The molecule has 2 heterocycles. The zero-order valence-corrected chi connectivity index (χ0v) is 12.8. The van der Waals surface area contributed by atoms with E-state index in [1.54, 1.807) is 0 Å². The Morgan fingerprint density at radius 1 is 1.61 bits per heavy atom. The van der Waals surface area contributed by atoms with Crippen molar-refractivity contribution in [2.45, 2.75) is 26.3 Å². The van der Waals surface area contributed by atoms with E-state index in [1.807, 2.05) is 26.0 Å². The number of thiophene rings is 1. The molecule has 2 rings (SSSR count). The third-order valence-corrected chi connectivity index (χ3v) is 4.70. The molecular weight excluding hydrogens is 291 g/mol. The average Bonchev–Trinajstić information content (AvgIpc) is 2.88. The van der Waals surface area contributed by atoms with Crippen LogP contribution in [0.15, 0.2) is 12.1 Å². The number of carbonyl (C=O) groups is 1. The van der Waals surface area contributed by atoms with Crippen LogP contribution in [0.1, 0.15) is 31.2 Å². The molecular formula is C12H18Cl2N2OS. The summed E-state index contributed by atoms with van der Waals surface area (Å²) in [6, 6.07) is 3.85. The number of amides is 1. The minimum absolute atomic E-state index is 0. The molecule has 1 amide bonds. The fourth-order valence-electron chi connectivity index (χ4n) is 2.01. The first-order chi connectivity index (χ1) is 8.01. The van der Waals surface area contributed by atoms with E-state index in [9.17, 15) is 4.79 Å². The van der Waals surface area contributed by atoms with E-state index < -0.39 is 0 Å². The van der Waals surface area contributed by atoms with Crippen LogP contribution in [-0.4, -0.2) is 19.0 Å². The SMILES string of the molecule is CC(NC(=O)C1(C)CCNC1)c1ccc(Cl)s1.Cl. The smallest absolute Gasteiger partial charge is 0.227 e. The van der Waals surface area contributed by atoms with Crippen molar-refractivity contribution >= 4 is 41.3 Å². The second-order valence-corrected chi connectivity index (χ2v) is 6.57. The molecule has 2 atom stereocenters. The molecule has 1 saturated heterocycles. The summed E-state index contributed by atoms with van der Waals surface area (Å²) in [7, 11) is 0. The van der Waals surface area contributed by atoms with Gasteiger partial charge in [-0.2, -0.15) is 0 Å². The molecule has 0 radical (unpaired) electrons. The van der Waals surface area contributed by atoms with Crippen LogP contribution in [0.5, 0.6) is 0 Å². The molecule has 1 fully saturated rings. The summed E-state index contributed by atoms with van der Waals surface area (Å²) >= 11 is 7.41. The lowest BCUT2D eigenvalue weighted by Crippen LogP contribution is -2.41. The number of hydrogen-bond donors (Lipinski definition) is 2. The molecule has 0 aromatic carbocycles. The molecule has 1 aliphatic heterocycles. The van der Waals surface area contributed by atoms with E-state index in [-0.39, 0.29) is 29.8 Å². The topological polar surface area (TPSA) is 41.1 Å². The first-order valence-corrected chi connectivity index (χ1v) is 6.98. The van der Waals surface area contributed by atoms with E-state index in [0.717, 1.165) is 28.7 Å². The van der Waals surface area contributed by atoms with Crippen molar-refractivity contribution in [3.8, 4) is 0 Å². The van der Waals surface area contributed by atoms with Gasteiger partial charge in [0.25, 0.3) is 0 Å². The molecule has 3 nitrogen and oxygen atoms in total. The molecule has 1 aliphatic rings. The van der Waals surface area contributed by atoms with Gasteiger partial charge in [-0.15, -0.1) is 23.7 Å². The van der Waals surface area contributed by atoms with Crippen LogP contribution in [-0.2, 0) is 4.79 Å². The zero-order chi connectivity index (χ0) is 12.5. The van der Waals surface area contributed by atoms with Gasteiger partial charge in [-0.05, 0) is 38.9 Å². The second kappa shape index (κ2) is 6.24. The molecule has 0 bridgehead atoms. The Morgan fingerprint density at radius 2 is 2.33 bits per heavy atom. The van der Waals surface area contributed by atoms with Gasteiger partial charge in [-0.1, -0.05) is 11.6 Å². The van der Waals surface area contributed by atoms with Crippen molar-refractivity contribution in [3.63, 3.8) is 0 Å². The number of carbonyl (C=O) groups excluding carboxylic acids is 1. The van der Waals surface area contributed by atoms with E-state index >= 15 is 0 Å². The highest BCUT2D eigenvalue weighted by Crippen LogP contribution is 2.29. The van der Waals surface area contributed by atoms with Crippen LogP contribution in [0.4, 0.5) is 0 Å². The van der Waals surface area contributed by atoms with Gasteiger partial charge in [-0.3, -0.25) is 4.79 Å². The Balaban J connectivity index is 0.00000162. The normalized spacial score (nSPS) is 24.4. The molecule has 1 aromatic rings. The van der Waals surface area contributed by atoms with Gasteiger partial charge in [0.05, 0.1) is 15.8 Å². The van der Waals surface area contributed by atoms with E-state index in [2.05, 4.69) is 10.6 Å². The van der Waals surface area contributed by atoms with Crippen LogP contribution in [0, 0.1) is 5.41 Å². The average molecular weight is 309 g/mol. The van der Waals surface area contributed by atoms with Crippen molar-refractivity contribution in [2.24, 2.45) is 5.41 Å². The summed E-state index contributed by atoms with van der Waals surface area (Å²) in [4.78, 5) is 13.3. The highest BCUT2D eigenvalue weighted by atomic mass is 35.5. The molecule has 0 saturated carbocycles. The lowest BCUT2D eigenvalue weighted by Gasteiger charge is -2.24. The van der Waals surface area contributed by atoms with Crippen LogP contribution >= 0.6 is 35.3 Å². The van der Waals surface area contributed by atoms with E-state index in [4.69, 9.17) is 11.6 Å². The van der Waals surface area contributed by atoms with Crippen LogP contribution in [0.2, 0.25) is 4.34 Å². The summed E-state index contributed by atoms with van der Waals surface area (Å²) < 4.78 is 0.759. The Morgan fingerprint density at radius 3 is 2.83 bits per heavy atom. The number of nitrogens with one attached hydrogen (secondary N) is 2. The van der Waals surface area contributed by atoms with Gasteiger partial charge < -0.3 is 10.6 Å². The minimum atomic E-state index is -0.269. The molecule has 2 unspecified atom stereocenters. The van der Waals surface area contributed by atoms with Gasteiger partial charge in [0.15, 0.2) is 0 Å². The third-order valence-electron chi connectivity index (χ3n) is 3.29. The zero-order valence-electron chi connectivity index (χ0n) is 10.5. The quantitative estimate of drug-likeness (QED) is 0.901. The summed E-state index contributed by atoms with van der Waals surface area (Å²) in [6.07, 6.45) is 0.900. The van der Waals surface area contributed by atoms with Gasteiger partial charge in [0.1, 0.15) is 0 Å². The molecule has 0 spiro atoms. The van der Waals surface area contributed by atoms with E-state index in [0.29, 0.717) is 0 Å². The van der Waals surface area contributed by atoms with Gasteiger partial charge >= 0.3 is 0 Å². The van der Waals surface area contributed by atoms with Crippen LogP contribution in [0.3, 0.4) is 0 Å². The van der Waals surface area contributed by atoms with Crippen molar-refractivity contribution in [1.29, 1.82) is 0 Å². The molecule has 18 heavy (non-hydrogen) atoms. The molecule has 6 heteroatoms. The first-order valence-electron chi connectivity index (χ1n) is 5.78. The maximum Gasteiger partial charge on any atom is 0.227 e. The number of hydrogen-bond acceptors (Lipinski definition) is 3. The predicted molar refractivity (Wildman–Crippen MR) is 78.7 cm³/mol. The third kappa shape index (κ3) is 3.38. The van der Waals surface area contributed by atoms with Crippen molar-refractivity contribution in [3.05, 3.63) is 21.3 Å². The van der Waals surface area contributed by atoms with Crippen molar-refractivity contribution < 1.29 is 4.79 Å². The Labute approximate surface area is 123 Å². The van der Waals surface area contributed by atoms with Crippen molar-refractivity contribution in [2.75, 3.05) is 13.1 Å². The summed E-state index contributed by atoms with van der Waals surface area (Å²) in [5.74, 6) is 0.125. The fourth-order valence-corrected chi connectivity index (χ4v) is 3.08. The minimum Gasteiger partial charge on any atom is -0.348 e. The lowest BCUT2D eigenvalue weighted by atomic mass is 9.88. The van der Waals surface area contributed by atoms with Gasteiger partial charge in [-0.25, -0.2) is 0 Å². The summed E-state index contributed by atoms with van der Waals surface area (Å²) in [6.45, 7) is 5.68. The van der Waals surface area contributed by atoms with Crippen LogP contribution in [0.25, 0.3) is 0 Å². The van der Waals surface area contributed by atoms with Crippen LogP contribution < -0.4 is 10.6 Å². The predicted octanol–water partition coefficient (Wildman–Crippen LogP) is 3.00. The van der Waals surface area contributed by atoms with Crippen molar-refractivity contribution in [1.82, 2.24) is 10.6 Å². The molecule has 1 aromatic heterocycles. The molecule has 0 aliphatic carbocycles. The standard InChI is InChI=1S/C12H17ClN2OS.ClH/c1-8(9-3-4-10(13)17-9)15-11(16)12(2)5-6-14-7-12;/h3-4,8,14H,5-7H2,1-2H3,(H,15,16);1H. The second-order valence-electron chi connectivity index (χ2n) is 4.82. The summed E-state index contributed by atoms with van der Waals surface area (Å²) in [5.41, 5.74) is -0.269. The number of rotatable bonds is 3. The first kappa shape index (κ1) is 15.8. The largest absolute Gasteiger partial charge is 0.348 e. The monoisotopic (exact) mass is 308 g/mol. The Bertz CT molecular complexity index is 416. The van der Waals surface area contributed by atoms with Gasteiger partial charge in [0.2, 0.25) is 5.91 Å². The summed E-state index contributed by atoms with van der Waals surface area (Å²) in [5, 5.41) is 6.30. The number of halogens is 2. The lowest BCUT2D eigenvalue weighted by molar-refractivity contribution is -0.129. The maximum atomic E-state index is 12.2. The Hall–Kier alpha value is -0.290.